The molecule has 118 valence electrons. The van der Waals surface area contributed by atoms with Gasteiger partial charge in [-0.2, -0.15) is 5.10 Å². The number of ether oxygens (including phenoxy) is 1. The monoisotopic (exact) mass is 306 g/mol. The number of aliphatic hydroxyl groups is 1. The zero-order valence-electron chi connectivity index (χ0n) is 12.7. The van der Waals surface area contributed by atoms with Crippen LogP contribution in [0.2, 0.25) is 0 Å². The molecule has 2 aromatic rings. The Hall–Kier alpha value is -2.61. The largest absolute Gasteiger partial charge is 0.491 e. The average Bonchev–Trinajstić information content (AvgIpc) is 2.72. The second kappa shape index (κ2) is 6.44. The third-order valence-corrected chi connectivity index (χ3v) is 3.16. The van der Waals surface area contributed by atoms with E-state index in [-0.39, 0.29) is 18.9 Å². The summed E-state index contributed by atoms with van der Waals surface area (Å²) >= 11 is 0. The summed E-state index contributed by atoms with van der Waals surface area (Å²) in [6, 6.07) is 5.33. The molecule has 1 heterocycles. The second-order valence-electron chi connectivity index (χ2n) is 4.84. The van der Waals surface area contributed by atoms with Crippen molar-refractivity contribution in [3.63, 3.8) is 0 Å². The Kier molecular flexibility index (Phi) is 4.62. The molecule has 0 aliphatic heterocycles. The smallest absolute Gasteiger partial charge is 0.334 e. The number of anilines is 2. The van der Waals surface area contributed by atoms with Crippen molar-refractivity contribution >= 4 is 17.2 Å². The van der Waals surface area contributed by atoms with E-state index >= 15 is 0 Å². The molecule has 0 fully saturated rings. The molecule has 0 spiro atoms. The predicted octanol–water partition coefficient (Wildman–Crippen LogP) is 2.06. The Morgan fingerprint density at radius 3 is 2.77 bits per heavy atom. The number of aromatic nitrogens is 2. The van der Waals surface area contributed by atoms with Crippen LogP contribution in [-0.2, 0) is 7.05 Å². The number of nitro groups is 1. The molecule has 0 aliphatic carbocycles. The first kappa shape index (κ1) is 15.8. The van der Waals surface area contributed by atoms with Gasteiger partial charge in [-0.05, 0) is 37.6 Å². The Bertz CT molecular complexity index is 696. The lowest BCUT2D eigenvalue weighted by molar-refractivity contribution is -0.384. The molecule has 1 aromatic heterocycles. The first-order chi connectivity index (χ1) is 10.4. The minimum Gasteiger partial charge on any atom is -0.491 e. The van der Waals surface area contributed by atoms with Crippen LogP contribution in [0.15, 0.2) is 18.2 Å². The van der Waals surface area contributed by atoms with Crippen molar-refractivity contribution in [1.29, 1.82) is 0 Å². The number of aryl methyl sites for hydroxylation is 3. The number of rotatable bonds is 6. The van der Waals surface area contributed by atoms with Crippen LogP contribution >= 0.6 is 0 Å². The quantitative estimate of drug-likeness (QED) is 0.625. The van der Waals surface area contributed by atoms with E-state index in [0.717, 1.165) is 5.56 Å². The van der Waals surface area contributed by atoms with Gasteiger partial charge in [-0.1, -0.05) is 0 Å². The highest BCUT2D eigenvalue weighted by Crippen LogP contribution is 2.31. The lowest BCUT2D eigenvalue weighted by Gasteiger charge is -2.11. The van der Waals surface area contributed by atoms with Crippen molar-refractivity contribution in [2.75, 3.05) is 18.5 Å². The minimum atomic E-state index is -0.448. The molecule has 0 unspecified atom stereocenters. The molecule has 0 saturated heterocycles. The normalized spacial score (nSPS) is 10.5. The summed E-state index contributed by atoms with van der Waals surface area (Å²) in [5.41, 5.74) is 1.87. The average molecular weight is 306 g/mol. The van der Waals surface area contributed by atoms with E-state index in [1.165, 1.54) is 4.68 Å². The molecular formula is C14H18N4O4. The number of aliphatic hydroxyl groups excluding tert-OH is 1. The van der Waals surface area contributed by atoms with E-state index in [9.17, 15) is 10.1 Å². The third-order valence-electron chi connectivity index (χ3n) is 3.16. The van der Waals surface area contributed by atoms with Crippen molar-refractivity contribution in [3.8, 4) is 5.75 Å². The van der Waals surface area contributed by atoms with Gasteiger partial charge in [0.1, 0.15) is 18.1 Å². The van der Waals surface area contributed by atoms with Gasteiger partial charge >= 0.3 is 5.69 Å². The summed E-state index contributed by atoms with van der Waals surface area (Å²) in [6.07, 6.45) is 0. The molecule has 0 radical (unpaired) electrons. The summed E-state index contributed by atoms with van der Waals surface area (Å²) in [6.45, 7) is 3.63. The Labute approximate surface area is 127 Å². The van der Waals surface area contributed by atoms with Crippen LogP contribution in [0.4, 0.5) is 17.2 Å². The maximum absolute atomic E-state index is 11.2. The van der Waals surface area contributed by atoms with Crippen molar-refractivity contribution in [3.05, 3.63) is 39.6 Å². The Morgan fingerprint density at radius 2 is 2.18 bits per heavy atom. The van der Waals surface area contributed by atoms with E-state index in [2.05, 4.69) is 10.4 Å². The topological polar surface area (TPSA) is 102 Å². The molecule has 2 N–H and O–H groups in total. The molecule has 0 bridgehead atoms. The first-order valence-electron chi connectivity index (χ1n) is 6.73. The van der Waals surface area contributed by atoms with Crippen LogP contribution in [0.25, 0.3) is 0 Å². The van der Waals surface area contributed by atoms with Crippen LogP contribution in [-0.4, -0.2) is 33.0 Å². The van der Waals surface area contributed by atoms with E-state index in [1.54, 1.807) is 26.1 Å². The number of benzene rings is 1. The second-order valence-corrected chi connectivity index (χ2v) is 4.84. The molecule has 0 atom stereocenters. The molecule has 2 rings (SSSR count). The van der Waals surface area contributed by atoms with Crippen LogP contribution in [0.1, 0.15) is 11.3 Å². The highest BCUT2D eigenvalue weighted by atomic mass is 16.6. The number of nitrogens with one attached hydrogen (secondary N) is 1. The van der Waals surface area contributed by atoms with Gasteiger partial charge in [0.05, 0.1) is 11.5 Å². The maximum atomic E-state index is 11.2. The van der Waals surface area contributed by atoms with Crippen molar-refractivity contribution < 1.29 is 14.8 Å². The lowest BCUT2D eigenvalue weighted by Crippen LogP contribution is -2.04. The highest BCUT2D eigenvalue weighted by Gasteiger charge is 2.24. The Balaban J connectivity index is 2.28. The van der Waals surface area contributed by atoms with Gasteiger partial charge in [-0.15, -0.1) is 0 Å². The zero-order valence-corrected chi connectivity index (χ0v) is 12.7. The predicted molar refractivity (Wildman–Crippen MR) is 81.6 cm³/mol. The Morgan fingerprint density at radius 1 is 1.45 bits per heavy atom. The fourth-order valence-electron chi connectivity index (χ4n) is 2.19. The molecule has 22 heavy (non-hydrogen) atoms. The summed E-state index contributed by atoms with van der Waals surface area (Å²) < 4.78 is 6.82. The molecular weight excluding hydrogens is 288 g/mol. The summed E-state index contributed by atoms with van der Waals surface area (Å²) in [5.74, 6) is 0.987. The fraction of sp³-hybridized carbons (Fsp3) is 0.357. The van der Waals surface area contributed by atoms with Crippen molar-refractivity contribution in [2.24, 2.45) is 7.05 Å². The molecule has 0 saturated carbocycles. The standard InChI is InChI=1S/C14H18N4O4/c1-9-8-11(4-5-12(9)22-7-6-19)15-14-13(18(20)21)10(2)16-17(14)3/h4-5,8,15,19H,6-7H2,1-3H3. The third kappa shape index (κ3) is 3.17. The lowest BCUT2D eigenvalue weighted by atomic mass is 10.2. The van der Waals surface area contributed by atoms with Gasteiger partial charge in [-0.3, -0.25) is 10.1 Å². The van der Waals surface area contributed by atoms with Crippen LogP contribution in [0.5, 0.6) is 5.75 Å². The highest BCUT2D eigenvalue weighted by molar-refractivity contribution is 5.68. The molecule has 0 amide bonds. The van der Waals surface area contributed by atoms with Crippen LogP contribution in [0, 0.1) is 24.0 Å². The first-order valence-corrected chi connectivity index (χ1v) is 6.73. The summed E-state index contributed by atoms with van der Waals surface area (Å²) in [7, 11) is 1.65. The molecule has 1 aromatic carbocycles. The van der Waals surface area contributed by atoms with Crippen molar-refractivity contribution in [1.82, 2.24) is 9.78 Å². The van der Waals surface area contributed by atoms with Gasteiger partial charge in [0.25, 0.3) is 0 Å². The molecule has 8 nitrogen and oxygen atoms in total. The van der Waals surface area contributed by atoms with Gasteiger partial charge in [0, 0.05) is 12.7 Å². The zero-order chi connectivity index (χ0) is 16.3. The van der Waals surface area contributed by atoms with E-state index < -0.39 is 4.92 Å². The summed E-state index contributed by atoms with van der Waals surface area (Å²) in [5, 5.41) is 27.0. The number of hydrogen-bond donors (Lipinski definition) is 2. The van der Waals surface area contributed by atoms with Gasteiger partial charge in [0.2, 0.25) is 5.82 Å². The number of hydrogen-bond acceptors (Lipinski definition) is 6. The summed E-state index contributed by atoms with van der Waals surface area (Å²) in [4.78, 5) is 10.7. The van der Waals surface area contributed by atoms with E-state index in [4.69, 9.17) is 9.84 Å². The fourth-order valence-corrected chi connectivity index (χ4v) is 2.19. The van der Waals surface area contributed by atoms with Crippen LogP contribution < -0.4 is 10.1 Å². The SMILES string of the molecule is Cc1cc(Nc2c([N+](=O)[O-])c(C)nn2C)ccc1OCCO. The van der Waals surface area contributed by atoms with Gasteiger partial charge in [-0.25, -0.2) is 4.68 Å². The molecule has 0 aliphatic rings. The minimum absolute atomic E-state index is 0.0410. The maximum Gasteiger partial charge on any atom is 0.334 e. The van der Waals surface area contributed by atoms with Crippen LogP contribution in [0.3, 0.4) is 0 Å². The number of nitrogens with zero attached hydrogens (tertiary/aromatic N) is 3. The van der Waals surface area contributed by atoms with E-state index in [0.29, 0.717) is 22.9 Å². The van der Waals surface area contributed by atoms with Gasteiger partial charge in [0.15, 0.2) is 0 Å². The van der Waals surface area contributed by atoms with Crippen molar-refractivity contribution in [2.45, 2.75) is 13.8 Å². The molecule has 8 heteroatoms. The van der Waals surface area contributed by atoms with E-state index in [1.807, 2.05) is 13.0 Å². The van der Waals surface area contributed by atoms with Gasteiger partial charge < -0.3 is 15.2 Å².